The zero-order valence-electron chi connectivity index (χ0n) is 12.8. The number of hydrogen-bond acceptors (Lipinski definition) is 6. The predicted octanol–water partition coefficient (Wildman–Crippen LogP) is 1.01. The molecule has 8 nitrogen and oxygen atoms in total. The summed E-state index contributed by atoms with van der Waals surface area (Å²) in [5.74, 6) is -0.852. The minimum absolute atomic E-state index is 0.0525. The molecule has 0 radical (unpaired) electrons. The third kappa shape index (κ3) is 3.48. The molecule has 0 N–H and O–H groups in total. The largest absolute Gasteiger partial charge is 0.459 e. The summed E-state index contributed by atoms with van der Waals surface area (Å²) in [6.45, 7) is 1.20. The van der Waals surface area contributed by atoms with Gasteiger partial charge in [0.15, 0.2) is 12.4 Å². The number of rotatable bonds is 4. The third-order valence-electron chi connectivity index (χ3n) is 3.70. The number of carbonyl (C=O) groups is 3. The van der Waals surface area contributed by atoms with Gasteiger partial charge in [-0.15, -0.1) is 0 Å². The first kappa shape index (κ1) is 15.9. The van der Waals surface area contributed by atoms with E-state index in [1.54, 1.807) is 28.0 Å². The Bertz CT molecular complexity index is 699. The van der Waals surface area contributed by atoms with Crippen LogP contribution in [0.15, 0.2) is 45.6 Å². The zero-order valence-corrected chi connectivity index (χ0v) is 12.8. The van der Waals surface area contributed by atoms with Crippen molar-refractivity contribution in [2.45, 2.75) is 0 Å². The SMILES string of the molecule is O=C(OCC(=O)N1CCN(C(=O)c2ccco2)CC1)c1ccco1. The Labute approximate surface area is 137 Å². The number of piperazine rings is 1. The Morgan fingerprint density at radius 2 is 1.50 bits per heavy atom. The Balaban J connectivity index is 1.45. The maximum absolute atomic E-state index is 12.1. The van der Waals surface area contributed by atoms with Crippen LogP contribution in [0.3, 0.4) is 0 Å². The van der Waals surface area contributed by atoms with E-state index in [0.717, 1.165) is 0 Å². The molecule has 0 saturated carbocycles. The highest BCUT2D eigenvalue weighted by Gasteiger charge is 2.26. The van der Waals surface area contributed by atoms with Crippen LogP contribution in [0.25, 0.3) is 0 Å². The highest BCUT2D eigenvalue weighted by atomic mass is 16.5. The summed E-state index contributed by atoms with van der Waals surface area (Å²) in [5.41, 5.74) is 0. The summed E-state index contributed by atoms with van der Waals surface area (Å²) >= 11 is 0. The minimum Gasteiger partial charge on any atom is -0.459 e. The van der Waals surface area contributed by atoms with Gasteiger partial charge in [-0.1, -0.05) is 0 Å². The predicted molar refractivity (Wildman–Crippen MR) is 80.2 cm³/mol. The van der Waals surface area contributed by atoms with Gasteiger partial charge < -0.3 is 23.4 Å². The smallest absolute Gasteiger partial charge is 0.374 e. The van der Waals surface area contributed by atoms with E-state index < -0.39 is 5.97 Å². The Morgan fingerprint density at radius 1 is 0.917 bits per heavy atom. The van der Waals surface area contributed by atoms with Crippen molar-refractivity contribution in [3.05, 3.63) is 48.3 Å². The highest BCUT2D eigenvalue weighted by Crippen LogP contribution is 2.10. The van der Waals surface area contributed by atoms with Gasteiger partial charge in [0, 0.05) is 26.2 Å². The second kappa shape index (κ2) is 7.03. The maximum atomic E-state index is 12.1. The number of hydrogen-bond donors (Lipinski definition) is 0. The van der Waals surface area contributed by atoms with Crippen molar-refractivity contribution in [1.82, 2.24) is 9.80 Å². The molecule has 8 heteroatoms. The van der Waals surface area contributed by atoms with E-state index in [2.05, 4.69) is 0 Å². The average molecular weight is 332 g/mol. The summed E-state index contributed by atoms with van der Waals surface area (Å²) in [7, 11) is 0. The zero-order chi connectivity index (χ0) is 16.9. The molecule has 0 unspecified atom stereocenters. The van der Waals surface area contributed by atoms with Crippen molar-refractivity contribution in [1.29, 1.82) is 0 Å². The van der Waals surface area contributed by atoms with Crippen LogP contribution in [0.1, 0.15) is 21.1 Å². The lowest BCUT2D eigenvalue weighted by Gasteiger charge is -2.34. The molecular weight excluding hydrogens is 316 g/mol. The summed E-state index contributed by atoms with van der Waals surface area (Å²) in [6.07, 6.45) is 2.80. The lowest BCUT2D eigenvalue weighted by Crippen LogP contribution is -2.51. The van der Waals surface area contributed by atoms with Gasteiger partial charge in [0.1, 0.15) is 0 Å². The lowest BCUT2D eigenvalue weighted by atomic mass is 10.3. The fraction of sp³-hybridized carbons (Fsp3) is 0.312. The Kier molecular flexibility index (Phi) is 4.64. The third-order valence-corrected chi connectivity index (χ3v) is 3.70. The van der Waals surface area contributed by atoms with Crippen molar-refractivity contribution >= 4 is 17.8 Å². The average Bonchev–Trinajstić information content (AvgIpc) is 3.32. The van der Waals surface area contributed by atoms with Crippen LogP contribution in [-0.2, 0) is 9.53 Å². The number of nitrogens with zero attached hydrogens (tertiary/aromatic N) is 2. The van der Waals surface area contributed by atoms with E-state index in [0.29, 0.717) is 26.2 Å². The second-order valence-corrected chi connectivity index (χ2v) is 5.20. The molecule has 0 aliphatic carbocycles. The quantitative estimate of drug-likeness (QED) is 0.776. The van der Waals surface area contributed by atoms with Crippen LogP contribution in [0.2, 0.25) is 0 Å². The van der Waals surface area contributed by atoms with Crippen molar-refractivity contribution in [3.8, 4) is 0 Å². The Hall–Kier alpha value is -3.03. The number of esters is 1. The second-order valence-electron chi connectivity index (χ2n) is 5.20. The van der Waals surface area contributed by atoms with Gasteiger partial charge in [-0.3, -0.25) is 9.59 Å². The first-order chi connectivity index (χ1) is 11.6. The fourth-order valence-electron chi connectivity index (χ4n) is 2.40. The van der Waals surface area contributed by atoms with Gasteiger partial charge >= 0.3 is 5.97 Å². The van der Waals surface area contributed by atoms with E-state index in [4.69, 9.17) is 13.6 Å². The molecule has 0 bridgehead atoms. The van der Waals surface area contributed by atoms with Gasteiger partial charge in [0.25, 0.3) is 11.8 Å². The summed E-state index contributed by atoms with van der Waals surface area (Å²) in [4.78, 5) is 39.0. The van der Waals surface area contributed by atoms with Gasteiger partial charge in [-0.2, -0.15) is 0 Å². The normalized spacial score (nSPS) is 14.5. The van der Waals surface area contributed by atoms with Crippen LogP contribution in [0.5, 0.6) is 0 Å². The molecule has 0 spiro atoms. The first-order valence-corrected chi connectivity index (χ1v) is 7.46. The number of carbonyl (C=O) groups excluding carboxylic acids is 3. The standard InChI is InChI=1S/C16H16N2O6/c19-14(11-24-16(21)13-4-2-10-23-13)17-5-7-18(8-6-17)15(20)12-3-1-9-22-12/h1-4,9-10H,5-8,11H2. The van der Waals surface area contributed by atoms with Crippen LogP contribution in [-0.4, -0.2) is 60.4 Å². The molecule has 126 valence electrons. The molecule has 2 aromatic heterocycles. The first-order valence-electron chi connectivity index (χ1n) is 7.46. The molecule has 1 fully saturated rings. The summed E-state index contributed by atoms with van der Waals surface area (Å²) < 4.78 is 14.9. The molecule has 1 aliphatic heterocycles. The van der Waals surface area contributed by atoms with E-state index in [1.807, 2.05) is 0 Å². The summed E-state index contributed by atoms with van der Waals surface area (Å²) in [6, 6.07) is 6.29. The van der Waals surface area contributed by atoms with Crippen molar-refractivity contribution < 1.29 is 28.0 Å². The van der Waals surface area contributed by atoms with E-state index in [-0.39, 0.29) is 29.9 Å². The highest BCUT2D eigenvalue weighted by molar-refractivity contribution is 5.92. The van der Waals surface area contributed by atoms with Gasteiger partial charge in [-0.25, -0.2) is 4.79 Å². The van der Waals surface area contributed by atoms with Crippen LogP contribution < -0.4 is 0 Å². The monoisotopic (exact) mass is 332 g/mol. The number of amides is 2. The lowest BCUT2D eigenvalue weighted by molar-refractivity contribution is -0.136. The molecule has 3 heterocycles. The molecule has 1 aliphatic rings. The van der Waals surface area contributed by atoms with Gasteiger partial charge in [0.2, 0.25) is 5.76 Å². The van der Waals surface area contributed by atoms with Gasteiger partial charge in [-0.05, 0) is 24.3 Å². The maximum Gasteiger partial charge on any atom is 0.374 e. The molecule has 2 aromatic rings. The van der Waals surface area contributed by atoms with Crippen LogP contribution >= 0.6 is 0 Å². The number of furan rings is 2. The number of ether oxygens (including phenoxy) is 1. The van der Waals surface area contributed by atoms with E-state index in [9.17, 15) is 14.4 Å². The topological polar surface area (TPSA) is 93.2 Å². The molecule has 24 heavy (non-hydrogen) atoms. The van der Waals surface area contributed by atoms with Gasteiger partial charge in [0.05, 0.1) is 12.5 Å². The van der Waals surface area contributed by atoms with Crippen molar-refractivity contribution in [3.63, 3.8) is 0 Å². The molecule has 0 aromatic carbocycles. The molecule has 2 amide bonds. The van der Waals surface area contributed by atoms with Crippen molar-refractivity contribution in [2.24, 2.45) is 0 Å². The Morgan fingerprint density at radius 3 is 2.08 bits per heavy atom. The molecular formula is C16H16N2O6. The fourth-order valence-corrected chi connectivity index (χ4v) is 2.40. The summed E-state index contributed by atoms with van der Waals surface area (Å²) in [5, 5.41) is 0. The van der Waals surface area contributed by atoms with Crippen LogP contribution in [0, 0.1) is 0 Å². The van der Waals surface area contributed by atoms with E-state index >= 15 is 0 Å². The van der Waals surface area contributed by atoms with Crippen LogP contribution in [0.4, 0.5) is 0 Å². The van der Waals surface area contributed by atoms with E-state index in [1.165, 1.54) is 18.6 Å². The minimum atomic E-state index is -0.681. The molecule has 1 saturated heterocycles. The molecule has 0 atom stereocenters. The van der Waals surface area contributed by atoms with Crippen molar-refractivity contribution in [2.75, 3.05) is 32.8 Å². The molecule has 3 rings (SSSR count).